The van der Waals surface area contributed by atoms with E-state index < -0.39 is 46.3 Å². The minimum atomic E-state index is -1.11. The van der Waals surface area contributed by atoms with Gasteiger partial charge >= 0.3 is 0 Å². The van der Waals surface area contributed by atoms with E-state index >= 15 is 0 Å². The summed E-state index contributed by atoms with van der Waals surface area (Å²) in [4.78, 5) is 64.7. The van der Waals surface area contributed by atoms with Crippen LogP contribution in [-0.2, 0) is 9.59 Å². The van der Waals surface area contributed by atoms with Crippen LogP contribution >= 0.6 is 0 Å². The zero-order valence-electron chi connectivity index (χ0n) is 19.6. The molecule has 2 aromatic rings. The van der Waals surface area contributed by atoms with Crippen LogP contribution in [0.25, 0.3) is 0 Å². The van der Waals surface area contributed by atoms with Crippen molar-refractivity contribution in [1.82, 2.24) is 10.0 Å². The smallest absolute Gasteiger partial charge is 0.273 e. The van der Waals surface area contributed by atoms with Crippen LogP contribution in [-0.4, -0.2) is 44.5 Å². The van der Waals surface area contributed by atoms with Crippen LogP contribution < -0.4 is 0 Å². The number of carbonyl (C=O) groups is 4. The normalized spacial score (nSPS) is 22.5. The number of carbonyl (C=O) groups excluding carboxylic acids is 4. The molecule has 0 N–H and O–H groups in total. The van der Waals surface area contributed by atoms with Crippen molar-refractivity contribution < 1.29 is 24.1 Å². The first-order valence-corrected chi connectivity index (χ1v) is 11.8. The molecule has 0 radical (unpaired) electrons. The summed E-state index contributed by atoms with van der Waals surface area (Å²) in [6.07, 6.45) is 2.07. The fourth-order valence-corrected chi connectivity index (χ4v) is 5.08. The van der Waals surface area contributed by atoms with Gasteiger partial charge in [0, 0.05) is 23.3 Å². The third-order valence-corrected chi connectivity index (χ3v) is 6.96. The SMILES string of the molecule is CC[C@H](C(=O)c1ccccc1)N(C(=O)c1ccc([N+](=O)[O-])cc1)N1C(=O)[C@@H]2CC[C@H](C)C[C@H]2C1=O. The maximum absolute atomic E-state index is 13.8. The molecule has 1 saturated carbocycles. The van der Waals surface area contributed by atoms with Gasteiger partial charge < -0.3 is 0 Å². The average molecular weight is 478 g/mol. The molecule has 4 atom stereocenters. The maximum atomic E-state index is 13.8. The number of ketones is 1. The Morgan fingerprint density at radius 2 is 1.63 bits per heavy atom. The van der Waals surface area contributed by atoms with Gasteiger partial charge in [-0.15, -0.1) is 0 Å². The zero-order chi connectivity index (χ0) is 25.3. The Labute approximate surface area is 202 Å². The van der Waals surface area contributed by atoms with Gasteiger partial charge in [0.2, 0.25) is 0 Å². The highest BCUT2D eigenvalue weighted by molar-refractivity contribution is 6.10. The first-order valence-electron chi connectivity index (χ1n) is 11.8. The molecular weight excluding hydrogens is 450 g/mol. The molecule has 2 aliphatic rings. The van der Waals surface area contributed by atoms with Crippen LogP contribution in [0.15, 0.2) is 54.6 Å². The Morgan fingerprint density at radius 3 is 2.23 bits per heavy atom. The van der Waals surface area contributed by atoms with E-state index in [-0.39, 0.29) is 23.6 Å². The highest BCUT2D eigenvalue weighted by atomic mass is 16.6. The Morgan fingerprint density at radius 1 is 1.00 bits per heavy atom. The van der Waals surface area contributed by atoms with Gasteiger partial charge in [-0.3, -0.25) is 29.3 Å². The first kappa shape index (κ1) is 24.3. The Hall–Kier alpha value is -3.88. The van der Waals surface area contributed by atoms with E-state index in [9.17, 15) is 29.3 Å². The molecule has 0 unspecified atom stereocenters. The maximum Gasteiger partial charge on any atom is 0.273 e. The van der Waals surface area contributed by atoms with E-state index in [0.29, 0.717) is 18.4 Å². The highest BCUT2D eigenvalue weighted by Gasteiger charge is 2.54. The molecular formula is C26H27N3O6. The molecule has 35 heavy (non-hydrogen) atoms. The van der Waals surface area contributed by atoms with E-state index in [1.165, 1.54) is 24.3 Å². The van der Waals surface area contributed by atoms with Crippen molar-refractivity contribution in [1.29, 1.82) is 0 Å². The van der Waals surface area contributed by atoms with Crippen molar-refractivity contribution >= 4 is 29.2 Å². The van der Waals surface area contributed by atoms with Crippen LogP contribution in [0.1, 0.15) is 60.2 Å². The van der Waals surface area contributed by atoms with Gasteiger partial charge in [0.1, 0.15) is 6.04 Å². The minimum absolute atomic E-state index is 0.0405. The third-order valence-electron chi connectivity index (χ3n) is 6.96. The molecule has 9 heteroatoms. The molecule has 9 nitrogen and oxygen atoms in total. The van der Waals surface area contributed by atoms with Crippen molar-refractivity contribution in [3.05, 3.63) is 75.8 Å². The molecule has 1 aliphatic heterocycles. The molecule has 0 bridgehead atoms. The summed E-state index contributed by atoms with van der Waals surface area (Å²) in [5.74, 6) is -2.84. The molecule has 1 aliphatic carbocycles. The largest absolute Gasteiger partial charge is 0.292 e. The summed E-state index contributed by atoms with van der Waals surface area (Å²) in [5, 5.41) is 12.9. The lowest BCUT2D eigenvalue weighted by molar-refractivity contribution is -0.384. The number of nitrogens with zero attached hydrogens (tertiary/aromatic N) is 3. The van der Waals surface area contributed by atoms with Crippen LogP contribution in [0, 0.1) is 27.9 Å². The minimum Gasteiger partial charge on any atom is -0.292 e. The number of hydrazine groups is 1. The number of hydrogen-bond donors (Lipinski definition) is 0. The van der Waals surface area contributed by atoms with E-state index in [2.05, 4.69) is 0 Å². The number of hydrogen-bond acceptors (Lipinski definition) is 6. The van der Waals surface area contributed by atoms with Gasteiger partial charge in [0.05, 0.1) is 16.8 Å². The summed E-state index contributed by atoms with van der Waals surface area (Å²) < 4.78 is 0. The molecule has 182 valence electrons. The molecule has 3 amide bonds. The lowest BCUT2D eigenvalue weighted by Gasteiger charge is -2.36. The molecule has 2 fully saturated rings. The summed E-state index contributed by atoms with van der Waals surface area (Å²) in [6.45, 7) is 3.74. The number of rotatable bonds is 7. The van der Waals surface area contributed by atoms with Crippen molar-refractivity contribution in [2.75, 3.05) is 0 Å². The number of imide groups is 1. The van der Waals surface area contributed by atoms with Crippen molar-refractivity contribution in [2.45, 2.75) is 45.6 Å². The van der Waals surface area contributed by atoms with Crippen molar-refractivity contribution in [3.63, 3.8) is 0 Å². The number of fused-ring (bicyclic) bond motifs is 1. The third kappa shape index (κ3) is 4.45. The number of amides is 3. The second kappa shape index (κ2) is 9.77. The van der Waals surface area contributed by atoms with Gasteiger partial charge in [0.15, 0.2) is 5.78 Å². The summed E-state index contributed by atoms with van der Waals surface area (Å²) in [7, 11) is 0. The van der Waals surface area contributed by atoms with Crippen LogP contribution in [0.2, 0.25) is 0 Å². The summed E-state index contributed by atoms with van der Waals surface area (Å²) in [6, 6.07) is 12.2. The Kier molecular flexibility index (Phi) is 6.77. The number of nitro benzene ring substituents is 1. The topological polar surface area (TPSA) is 118 Å². The van der Waals surface area contributed by atoms with Crippen molar-refractivity contribution in [2.24, 2.45) is 17.8 Å². The molecule has 0 aromatic heterocycles. The molecule has 1 heterocycles. The fraction of sp³-hybridized carbons (Fsp3) is 0.385. The van der Waals surface area contributed by atoms with Gasteiger partial charge in [-0.2, -0.15) is 5.01 Å². The zero-order valence-corrected chi connectivity index (χ0v) is 19.6. The average Bonchev–Trinajstić information content (AvgIpc) is 3.11. The summed E-state index contributed by atoms with van der Waals surface area (Å²) in [5.41, 5.74) is 0.193. The Bertz CT molecular complexity index is 1160. The van der Waals surface area contributed by atoms with Gasteiger partial charge in [0.25, 0.3) is 23.4 Å². The fourth-order valence-electron chi connectivity index (χ4n) is 5.08. The van der Waals surface area contributed by atoms with Crippen LogP contribution in [0.4, 0.5) is 5.69 Å². The number of Topliss-reactive ketones (excluding diaryl/α,β-unsaturated/α-hetero) is 1. The molecule has 0 spiro atoms. The predicted octanol–water partition coefficient (Wildman–Crippen LogP) is 4.03. The van der Waals surface area contributed by atoms with E-state index in [4.69, 9.17) is 0 Å². The number of benzene rings is 2. The standard InChI is InChI=1S/C26H27N3O6/c1-3-22(23(30)17-7-5-4-6-8-17)27(24(31)18-10-12-19(13-11-18)29(34)35)28-25(32)20-14-9-16(2)15-21(20)26(28)33/h4-8,10-13,16,20-22H,3,9,14-15H2,1-2H3/t16-,20+,21+,22+/m0/s1. The number of non-ortho nitro benzene ring substituents is 1. The molecule has 1 saturated heterocycles. The second-order valence-corrected chi connectivity index (χ2v) is 9.23. The van der Waals surface area contributed by atoms with Crippen molar-refractivity contribution in [3.8, 4) is 0 Å². The van der Waals surface area contributed by atoms with E-state index in [1.54, 1.807) is 37.3 Å². The molecule has 2 aromatic carbocycles. The predicted molar refractivity (Wildman–Crippen MR) is 126 cm³/mol. The monoisotopic (exact) mass is 477 g/mol. The van der Waals surface area contributed by atoms with Crippen LogP contribution in [0.5, 0.6) is 0 Å². The first-order chi connectivity index (χ1) is 16.7. The van der Waals surface area contributed by atoms with Gasteiger partial charge in [-0.25, -0.2) is 5.01 Å². The highest BCUT2D eigenvalue weighted by Crippen LogP contribution is 2.42. The number of nitro groups is 1. The van der Waals surface area contributed by atoms with E-state index in [1.807, 2.05) is 6.92 Å². The lowest BCUT2D eigenvalue weighted by Crippen LogP contribution is -2.57. The molecule has 4 rings (SSSR count). The van der Waals surface area contributed by atoms with Crippen LogP contribution in [0.3, 0.4) is 0 Å². The Balaban J connectivity index is 1.77. The van der Waals surface area contributed by atoms with Gasteiger partial charge in [-0.05, 0) is 43.7 Å². The van der Waals surface area contributed by atoms with E-state index in [0.717, 1.165) is 16.4 Å². The summed E-state index contributed by atoms with van der Waals surface area (Å²) >= 11 is 0. The lowest BCUT2D eigenvalue weighted by atomic mass is 9.76. The second-order valence-electron chi connectivity index (χ2n) is 9.23. The quantitative estimate of drug-likeness (QED) is 0.257. The van der Waals surface area contributed by atoms with Gasteiger partial charge in [-0.1, -0.05) is 44.2 Å².